The van der Waals surface area contributed by atoms with Crippen LogP contribution in [0.3, 0.4) is 0 Å². The topological polar surface area (TPSA) is 86.3 Å². The Labute approximate surface area is 134 Å². The van der Waals surface area contributed by atoms with E-state index >= 15 is 0 Å². The molecule has 0 fully saturated rings. The molecule has 0 saturated carbocycles. The molecule has 108 valence electrons. The number of halogens is 1. The van der Waals surface area contributed by atoms with E-state index in [1.807, 2.05) is 12.1 Å². The lowest BCUT2D eigenvalue weighted by molar-refractivity contribution is -0.142. The predicted molar refractivity (Wildman–Crippen MR) is 82.7 cm³/mol. The molecule has 3 rings (SSSR count). The molecule has 1 aromatic heterocycles. The summed E-state index contributed by atoms with van der Waals surface area (Å²) >= 11 is 2.08. The van der Waals surface area contributed by atoms with Crippen molar-refractivity contribution in [3.8, 4) is 0 Å². The van der Waals surface area contributed by atoms with Crippen molar-refractivity contribution in [2.45, 2.75) is 19.0 Å². The van der Waals surface area contributed by atoms with Gasteiger partial charge in [-0.2, -0.15) is 0 Å². The highest BCUT2D eigenvalue weighted by molar-refractivity contribution is 14.1. The first-order valence-corrected chi connectivity index (χ1v) is 7.45. The average molecular weight is 397 g/mol. The van der Waals surface area contributed by atoms with Crippen LogP contribution in [0.25, 0.3) is 0 Å². The second-order valence-corrected chi connectivity index (χ2v) is 5.96. The number of H-pyrrole nitrogens is 1. The molecule has 1 amide bonds. The van der Waals surface area contributed by atoms with Crippen LogP contribution in [0.15, 0.2) is 30.6 Å². The van der Waals surface area contributed by atoms with Gasteiger partial charge in [-0.1, -0.05) is 12.1 Å². The Balaban J connectivity index is 1.98. The molecular weight excluding hydrogens is 385 g/mol. The van der Waals surface area contributed by atoms with Crippen molar-refractivity contribution < 1.29 is 14.7 Å². The number of aromatic nitrogens is 2. The number of nitrogens with one attached hydrogen (secondary N) is 1. The van der Waals surface area contributed by atoms with Crippen molar-refractivity contribution in [3.63, 3.8) is 0 Å². The number of hydrogen-bond acceptors (Lipinski definition) is 3. The molecule has 1 atom stereocenters. The molecule has 2 aromatic rings. The fourth-order valence-corrected chi connectivity index (χ4v) is 3.08. The van der Waals surface area contributed by atoms with Crippen LogP contribution < -0.4 is 0 Å². The first-order chi connectivity index (χ1) is 10.1. The van der Waals surface area contributed by atoms with E-state index in [-0.39, 0.29) is 18.9 Å². The van der Waals surface area contributed by atoms with Crippen molar-refractivity contribution in [2.75, 3.05) is 0 Å². The normalized spacial score (nSPS) is 17.4. The van der Waals surface area contributed by atoms with Crippen molar-refractivity contribution in [1.29, 1.82) is 0 Å². The summed E-state index contributed by atoms with van der Waals surface area (Å²) in [7, 11) is 0. The lowest BCUT2D eigenvalue weighted by atomic mass is 10.0. The van der Waals surface area contributed by atoms with Crippen molar-refractivity contribution >= 4 is 34.5 Å². The molecule has 6 nitrogen and oxygen atoms in total. The minimum atomic E-state index is -1.01. The van der Waals surface area contributed by atoms with E-state index in [1.165, 1.54) is 11.2 Å². The summed E-state index contributed by atoms with van der Waals surface area (Å²) in [5.74, 6) is -1.28. The molecule has 0 bridgehead atoms. The van der Waals surface area contributed by atoms with Gasteiger partial charge in [-0.25, -0.2) is 9.78 Å². The van der Waals surface area contributed by atoms with Crippen molar-refractivity contribution in [2.24, 2.45) is 0 Å². The van der Waals surface area contributed by atoms with Gasteiger partial charge in [0.2, 0.25) is 0 Å². The van der Waals surface area contributed by atoms with Gasteiger partial charge in [-0.05, 0) is 34.7 Å². The third kappa shape index (κ3) is 2.53. The number of carboxylic acid groups (broad SMARTS) is 1. The van der Waals surface area contributed by atoms with E-state index in [4.69, 9.17) is 0 Å². The number of benzene rings is 1. The molecule has 1 unspecified atom stereocenters. The molecule has 0 radical (unpaired) electrons. The van der Waals surface area contributed by atoms with E-state index in [2.05, 4.69) is 32.6 Å². The smallest absolute Gasteiger partial charge is 0.326 e. The molecule has 0 saturated heterocycles. The molecule has 7 heteroatoms. The molecule has 1 aromatic carbocycles. The second kappa shape index (κ2) is 5.47. The summed E-state index contributed by atoms with van der Waals surface area (Å²) in [5, 5.41) is 9.40. The Hall–Kier alpha value is -1.90. The maximum Gasteiger partial charge on any atom is 0.326 e. The molecular formula is C14H12IN3O3. The molecule has 1 aliphatic heterocycles. The number of carbonyl (C=O) groups excluding carboxylic acids is 1. The van der Waals surface area contributed by atoms with Gasteiger partial charge in [0.05, 0.1) is 29.8 Å². The third-order valence-electron chi connectivity index (χ3n) is 3.55. The van der Waals surface area contributed by atoms with Crippen LogP contribution in [-0.2, 0) is 17.8 Å². The number of imidazole rings is 1. The molecule has 0 aliphatic carbocycles. The molecule has 2 N–H and O–H groups in total. The quantitative estimate of drug-likeness (QED) is 0.755. The zero-order valence-electron chi connectivity index (χ0n) is 10.9. The zero-order chi connectivity index (χ0) is 15.0. The van der Waals surface area contributed by atoms with Crippen LogP contribution >= 0.6 is 22.6 Å². The lowest BCUT2D eigenvalue weighted by Gasteiger charge is -2.32. The van der Waals surface area contributed by atoms with Gasteiger partial charge in [0, 0.05) is 9.99 Å². The number of carboxylic acids is 1. The van der Waals surface area contributed by atoms with Gasteiger partial charge in [-0.15, -0.1) is 0 Å². The number of amides is 1. The first kappa shape index (κ1) is 14.1. The number of fused-ring (bicyclic) bond motifs is 1. The highest BCUT2D eigenvalue weighted by atomic mass is 127. The molecule has 1 aliphatic rings. The molecule has 2 heterocycles. The molecule has 21 heavy (non-hydrogen) atoms. The summed E-state index contributed by atoms with van der Waals surface area (Å²) in [6.45, 7) is 0.232. The van der Waals surface area contributed by atoms with Gasteiger partial charge in [0.25, 0.3) is 5.91 Å². The first-order valence-electron chi connectivity index (χ1n) is 6.37. The van der Waals surface area contributed by atoms with Crippen LogP contribution in [0.1, 0.15) is 21.7 Å². The summed E-state index contributed by atoms with van der Waals surface area (Å²) < 4.78 is 0.805. The van der Waals surface area contributed by atoms with Crippen LogP contribution in [0, 0.1) is 3.57 Å². The van der Waals surface area contributed by atoms with Gasteiger partial charge in [0.15, 0.2) is 0 Å². The third-order valence-corrected chi connectivity index (χ3v) is 4.49. The standard InChI is InChI=1S/C14H12IN3O3/c15-9-4-2-1-3-8(9)13(19)18-6-11-10(16-7-17-11)5-12(18)14(20)21/h1-4,7,12H,5-6H2,(H,16,17)(H,20,21). The summed E-state index contributed by atoms with van der Waals surface area (Å²) in [5.41, 5.74) is 2.04. The number of aliphatic carboxylic acids is 1. The number of hydrogen-bond donors (Lipinski definition) is 2. The van der Waals surface area contributed by atoms with Crippen LogP contribution in [0.2, 0.25) is 0 Å². The Bertz CT molecular complexity index is 713. The van der Waals surface area contributed by atoms with E-state index in [0.717, 1.165) is 9.26 Å². The maximum atomic E-state index is 12.7. The minimum absolute atomic E-state index is 0.226. The number of aromatic amines is 1. The predicted octanol–water partition coefficient (Wildman–Crippen LogP) is 1.67. The van der Waals surface area contributed by atoms with Gasteiger partial charge in [0.1, 0.15) is 6.04 Å². The molecule has 0 spiro atoms. The SMILES string of the molecule is O=C(O)C1Cc2nc[nH]c2CN1C(=O)c1ccccc1I. The van der Waals surface area contributed by atoms with E-state index in [1.54, 1.807) is 12.1 Å². The Morgan fingerprint density at radius 2 is 2.14 bits per heavy atom. The highest BCUT2D eigenvalue weighted by Gasteiger charge is 2.36. The fourth-order valence-electron chi connectivity index (χ4n) is 2.46. The number of rotatable bonds is 2. The number of nitrogens with zero attached hydrogens (tertiary/aromatic N) is 2. The van der Waals surface area contributed by atoms with Crippen LogP contribution in [0.4, 0.5) is 0 Å². The van der Waals surface area contributed by atoms with Crippen molar-refractivity contribution in [1.82, 2.24) is 14.9 Å². The summed E-state index contributed by atoms with van der Waals surface area (Å²) in [4.78, 5) is 32.6. The van der Waals surface area contributed by atoms with Gasteiger partial charge in [-0.3, -0.25) is 4.79 Å². The summed E-state index contributed by atoms with van der Waals surface area (Å²) in [6.07, 6.45) is 1.76. The van der Waals surface area contributed by atoms with Crippen LogP contribution in [0.5, 0.6) is 0 Å². The maximum absolute atomic E-state index is 12.7. The Morgan fingerprint density at radius 3 is 2.86 bits per heavy atom. The van der Waals surface area contributed by atoms with Crippen LogP contribution in [-0.4, -0.2) is 37.9 Å². The Kier molecular flexibility index (Phi) is 3.66. The van der Waals surface area contributed by atoms with Crippen molar-refractivity contribution in [3.05, 3.63) is 51.1 Å². The average Bonchev–Trinajstić information content (AvgIpc) is 2.93. The van der Waals surface area contributed by atoms with E-state index < -0.39 is 12.0 Å². The monoisotopic (exact) mass is 397 g/mol. The zero-order valence-corrected chi connectivity index (χ0v) is 13.1. The fraction of sp³-hybridized carbons (Fsp3) is 0.214. The highest BCUT2D eigenvalue weighted by Crippen LogP contribution is 2.24. The van der Waals surface area contributed by atoms with Gasteiger partial charge < -0.3 is 15.0 Å². The summed E-state index contributed by atoms with van der Waals surface area (Å²) in [6, 6.07) is 6.28. The minimum Gasteiger partial charge on any atom is -0.480 e. The van der Waals surface area contributed by atoms with E-state index in [0.29, 0.717) is 11.3 Å². The largest absolute Gasteiger partial charge is 0.480 e. The van der Waals surface area contributed by atoms with E-state index in [9.17, 15) is 14.7 Å². The lowest BCUT2D eigenvalue weighted by Crippen LogP contribution is -2.48. The van der Waals surface area contributed by atoms with Gasteiger partial charge >= 0.3 is 5.97 Å². The number of carbonyl (C=O) groups is 2. The Morgan fingerprint density at radius 1 is 1.38 bits per heavy atom. The second-order valence-electron chi connectivity index (χ2n) is 4.80.